The molecule has 1 amide bonds. The van der Waals surface area contributed by atoms with Gasteiger partial charge in [0.15, 0.2) is 5.58 Å². The number of anilines is 2. The fourth-order valence-electron chi connectivity index (χ4n) is 1.18. The lowest BCUT2D eigenvalue weighted by molar-refractivity contribution is -0.116. The average molecular weight is 206 g/mol. The van der Waals surface area contributed by atoms with Crippen molar-refractivity contribution in [2.24, 2.45) is 5.73 Å². The van der Waals surface area contributed by atoms with E-state index in [1.165, 1.54) is 0 Å². The first-order chi connectivity index (χ1) is 7.15. The highest BCUT2D eigenvalue weighted by Crippen LogP contribution is 2.20. The minimum absolute atomic E-state index is 0.0116. The molecular weight excluding hydrogens is 196 g/mol. The summed E-state index contributed by atoms with van der Waals surface area (Å²) in [5.74, 6) is -0.475. The molecule has 0 aliphatic carbocycles. The van der Waals surface area contributed by atoms with Gasteiger partial charge in [-0.15, -0.1) is 0 Å². The summed E-state index contributed by atoms with van der Waals surface area (Å²) in [4.78, 5) is 14.6. The Balaban J connectivity index is 2.27. The predicted molar refractivity (Wildman–Crippen MR) is 56.1 cm³/mol. The normalized spacial score (nSPS) is 10.4. The van der Waals surface area contributed by atoms with Crippen LogP contribution in [0.2, 0.25) is 0 Å². The van der Waals surface area contributed by atoms with Crippen molar-refractivity contribution < 1.29 is 9.21 Å². The number of nitrogens with two attached hydrogens (primary N) is 2. The molecule has 0 spiro atoms. The molecule has 0 fully saturated rings. The van der Waals surface area contributed by atoms with E-state index in [9.17, 15) is 4.79 Å². The van der Waals surface area contributed by atoms with E-state index in [1.54, 1.807) is 18.2 Å². The molecule has 1 heterocycles. The van der Waals surface area contributed by atoms with E-state index in [0.29, 0.717) is 16.8 Å². The number of nitrogen functional groups attached to an aromatic ring is 1. The summed E-state index contributed by atoms with van der Waals surface area (Å²) in [5, 5.41) is 2.66. The van der Waals surface area contributed by atoms with Gasteiger partial charge in [-0.3, -0.25) is 4.79 Å². The number of carbonyl (C=O) groups excluding carboxylic acids is 1. The standard InChI is InChI=1S/C9H10N4O2/c10-5-1-2-7-6(3-5)13-9(15-7)12-4-8(11)14/h1-3H,4,10H2,(H2,11,14)(H,12,13). The number of nitrogens with one attached hydrogen (secondary N) is 1. The summed E-state index contributed by atoms with van der Waals surface area (Å²) < 4.78 is 5.29. The fourth-order valence-corrected chi connectivity index (χ4v) is 1.18. The van der Waals surface area contributed by atoms with Crippen LogP contribution < -0.4 is 16.8 Å². The van der Waals surface area contributed by atoms with Crippen molar-refractivity contribution >= 4 is 28.7 Å². The Hall–Kier alpha value is -2.24. The van der Waals surface area contributed by atoms with Gasteiger partial charge in [0.2, 0.25) is 5.91 Å². The molecule has 0 aliphatic rings. The van der Waals surface area contributed by atoms with Gasteiger partial charge >= 0.3 is 0 Å². The molecule has 15 heavy (non-hydrogen) atoms. The first-order valence-electron chi connectivity index (χ1n) is 4.33. The zero-order chi connectivity index (χ0) is 10.8. The highest BCUT2D eigenvalue weighted by Gasteiger charge is 2.05. The second-order valence-corrected chi connectivity index (χ2v) is 3.07. The summed E-state index contributed by atoms with van der Waals surface area (Å²) in [6.07, 6.45) is 0. The van der Waals surface area contributed by atoms with Gasteiger partial charge < -0.3 is 21.2 Å². The molecule has 0 saturated heterocycles. The SMILES string of the molecule is NC(=O)CNc1nc2cc(N)ccc2o1. The molecule has 1 aromatic carbocycles. The number of oxazole rings is 1. The zero-order valence-electron chi connectivity index (χ0n) is 7.86. The van der Waals surface area contributed by atoms with Crippen LogP contribution in [0, 0.1) is 0 Å². The molecule has 5 N–H and O–H groups in total. The monoisotopic (exact) mass is 206 g/mol. The van der Waals surface area contributed by atoms with Gasteiger partial charge in [0.05, 0.1) is 6.54 Å². The number of hydrogen-bond donors (Lipinski definition) is 3. The van der Waals surface area contributed by atoms with Crippen molar-refractivity contribution in [1.29, 1.82) is 0 Å². The maximum absolute atomic E-state index is 10.5. The Kier molecular flexibility index (Phi) is 2.17. The number of rotatable bonds is 3. The quantitative estimate of drug-likeness (QED) is 0.626. The van der Waals surface area contributed by atoms with Crippen LogP contribution >= 0.6 is 0 Å². The first kappa shape index (κ1) is 9.32. The lowest BCUT2D eigenvalue weighted by Crippen LogP contribution is -2.21. The van der Waals surface area contributed by atoms with Gasteiger partial charge in [0.25, 0.3) is 6.01 Å². The third-order valence-electron chi connectivity index (χ3n) is 1.83. The van der Waals surface area contributed by atoms with E-state index in [4.69, 9.17) is 15.9 Å². The molecule has 0 bridgehead atoms. The molecule has 0 saturated carbocycles. The van der Waals surface area contributed by atoms with Gasteiger partial charge in [-0.25, -0.2) is 0 Å². The summed E-state index contributed by atoms with van der Waals surface area (Å²) in [6.45, 7) is -0.0116. The second-order valence-electron chi connectivity index (χ2n) is 3.07. The van der Waals surface area contributed by atoms with Gasteiger partial charge in [-0.05, 0) is 18.2 Å². The van der Waals surface area contributed by atoms with Crippen molar-refractivity contribution in [3.05, 3.63) is 18.2 Å². The molecule has 2 rings (SSSR count). The van der Waals surface area contributed by atoms with Gasteiger partial charge in [-0.1, -0.05) is 0 Å². The predicted octanol–water partition coefficient (Wildman–Crippen LogP) is 0.307. The van der Waals surface area contributed by atoms with Gasteiger partial charge in [-0.2, -0.15) is 4.98 Å². The van der Waals surface area contributed by atoms with Crippen LogP contribution in [0.4, 0.5) is 11.7 Å². The van der Waals surface area contributed by atoms with Crippen LogP contribution in [0.15, 0.2) is 22.6 Å². The molecule has 0 aliphatic heterocycles. The minimum atomic E-state index is -0.475. The maximum atomic E-state index is 10.5. The molecule has 6 nitrogen and oxygen atoms in total. The van der Waals surface area contributed by atoms with E-state index in [1.807, 2.05) is 0 Å². The van der Waals surface area contributed by atoms with Gasteiger partial charge in [0.1, 0.15) is 5.52 Å². The summed E-state index contributed by atoms with van der Waals surface area (Å²) in [5.41, 5.74) is 12.4. The molecule has 0 unspecified atom stereocenters. The molecule has 1 aromatic heterocycles. The number of fused-ring (bicyclic) bond motifs is 1. The van der Waals surface area contributed by atoms with Crippen LogP contribution in [-0.2, 0) is 4.79 Å². The maximum Gasteiger partial charge on any atom is 0.296 e. The second kappa shape index (κ2) is 3.49. The molecule has 6 heteroatoms. The van der Waals surface area contributed by atoms with Crippen molar-refractivity contribution in [3.63, 3.8) is 0 Å². The number of amides is 1. The molecule has 0 atom stereocenters. The van der Waals surface area contributed by atoms with Crippen molar-refractivity contribution in [3.8, 4) is 0 Å². The van der Waals surface area contributed by atoms with Crippen LogP contribution in [0.1, 0.15) is 0 Å². The van der Waals surface area contributed by atoms with E-state index in [2.05, 4.69) is 10.3 Å². The zero-order valence-corrected chi connectivity index (χ0v) is 7.86. The van der Waals surface area contributed by atoms with E-state index in [-0.39, 0.29) is 12.6 Å². The lowest BCUT2D eigenvalue weighted by atomic mass is 10.3. The summed E-state index contributed by atoms with van der Waals surface area (Å²) in [7, 11) is 0. The average Bonchev–Trinajstić information content (AvgIpc) is 2.56. The van der Waals surface area contributed by atoms with Crippen molar-refractivity contribution in [2.75, 3.05) is 17.6 Å². The van der Waals surface area contributed by atoms with Crippen molar-refractivity contribution in [2.45, 2.75) is 0 Å². The molecule has 2 aromatic rings. The highest BCUT2D eigenvalue weighted by molar-refractivity contribution is 5.80. The van der Waals surface area contributed by atoms with E-state index in [0.717, 1.165) is 0 Å². The minimum Gasteiger partial charge on any atom is -0.424 e. The molecule has 78 valence electrons. The number of carbonyl (C=O) groups is 1. The van der Waals surface area contributed by atoms with E-state index < -0.39 is 5.91 Å². The van der Waals surface area contributed by atoms with E-state index >= 15 is 0 Å². The molecule has 0 radical (unpaired) electrons. The number of aromatic nitrogens is 1. The Morgan fingerprint density at radius 1 is 1.53 bits per heavy atom. The Morgan fingerprint density at radius 2 is 2.33 bits per heavy atom. The van der Waals surface area contributed by atoms with Crippen LogP contribution in [0.25, 0.3) is 11.1 Å². The number of benzene rings is 1. The summed E-state index contributed by atoms with van der Waals surface area (Å²) >= 11 is 0. The topological polar surface area (TPSA) is 107 Å². The van der Waals surface area contributed by atoms with Crippen LogP contribution in [0.5, 0.6) is 0 Å². The van der Waals surface area contributed by atoms with Crippen LogP contribution in [0.3, 0.4) is 0 Å². The Bertz CT molecular complexity index is 506. The third-order valence-corrected chi connectivity index (χ3v) is 1.83. The fraction of sp³-hybridized carbons (Fsp3) is 0.111. The number of primary amides is 1. The largest absolute Gasteiger partial charge is 0.424 e. The number of hydrogen-bond acceptors (Lipinski definition) is 5. The third kappa shape index (κ3) is 1.98. The van der Waals surface area contributed by atoms with Crippen molar-refractivity contribution in [1.82, 2.24) is 4.98 Å². The smallest absolute Gasteiger partial charge is 0.296 e. The Labute approximate surface area is 85.2 Å². The highest BCUT2D eigenvalue weighted by atomic mass is 16.4. The Morgan fingerprint density at radius 3 is 3.07 bits per heavy atom. The van der Waals surface area contributed by atoms with Gasteiger partial charge in [0, 0.05) is 5.69 Å². The number of nitrogens with zero attached hydrogens (tertiary/aromatic N) is 1. The molecular formula is C9H10N4O2. The van der Waals surface area contributed by atoms with Crippen LogP contribution in [-0.4, -0.2) is 17.4 Å². The summed E-state index contributed by atoms with van der Waals surface area (Å²) in [6, 6.07) is 5.38. The first-order valence-corrected chi connectivity index (χ1v) is 4.33. The lowest BCUT2D eigenvalue weighted by Gasteiger charge is -1.94.